The van der Waals surface area contributed by atoms with Crippen molar-refractivity contribution in [3.63, 3.8) is 0 Å². The zero-order valence-electron chi connectivity index (χ0n) is 10.9. The number of amides is 1. The summed E-state index contributed by atoms with van der Waals surface area (Å²) in [4.78, 5) is 13.9. The number of rotatable bonds is 1. The summed E-state index contributed by atoms with van der Waals surface area (Å²) in [7, 11) is 0. The highest BCUT2D eigenvalue weighted by Gasteiger charge is 2.33. The summed E-state index contributed by atoms with van der Waals surface area (Å²) in [6.45, 7) is 0.439. The molecule has 1 fully saturated rings. The SMILES string of the molecule is O=C(c1ccc2c(c1)CCCC2)N1C[C@@H](O)[C@@H](O)C1. The van der Waals surface area contributed by atoms with Crippen molar-refractivity contribution in [2.24, 2.45) is 0 Å². The fourth-order valence-electron chi connectivity index (χ4n) is 2.98. The first-order valence-electron chi connectivity index (χ1n) is 6.92. The lowest BCUT2D eigenvalue weighted by Gasteiger charge is -2.19. The Morgan fingerprint density at radius 2 is 1.68 bits per heavy atom. The van der Waals surface area contributed by atoms with Gasteiger partial charge in [-0.2, -0.15) is 0 Å². The maximum Gasteiger partial charge on any atom is 0.254 e. The zero-order chi connectivity index (χ0) is 13.4. The molecule has 0 unspecified atom stereocenters. The fourth-order valence-corrected chi connectivity index (χ4v) is 2.98. The van der Waals surface area contributed by atoms with Crippen molar-refractivity contribution < 1.29 is 15.0 Å². The van der Waals surface area contributed by atoms with E-state index in [1.807, 2.05) is 18.2 Å². The van der Waals surface area contributed by atoms with Gasteiger partial charge in [0, 0.05) is 18.7 Å². The summed E-state index contributed by atoms with van der Waals surface area (Å²) < 4.78 is 0. The third-order valence-corrected chi connectivity index (χ3v) is 4.14. The molecule has 2 atom stereocenters. The van der Waals surface area contributed by atoms with Crippen LogP contribution in [0.2, 0.25) is 0 Å². The summed E-state index contributed by atoms with van der Waals surface area (Å²) in [5.74, 6) is -0.0935. The molecule has 1 aliphatic carbocycles. The molecule has 2 aliphatic rings. The van der Waals surface area contributed by atoms with Gasteiger partial charge in [0.2, 0.25) is 0 Å². The Labute approximate surface area is 112 Å². The number of fused-ring (bicyclic) bond motifs is 1. The van der Waals surface area contributed by atoms with Crippen LogP contribution in [0.5, 0.6) is 0 Å². The summed E-state index contributed by atoms with van der Waals surface area (Å²) in [6, 6.07) is 5.89. The molecular weight excluding hydrogens is 242 g/mol. The van der Waals surface area contributed by atoms with Gasteiger partial charge in [-0.25, -0.2) is 0 Å². The molecule has 2 N–H and O–H groups in total. The number of hydrogen-bond acceptors (Lipinski definition) is 3. The third kappa shape index (κ3) is 2.38. The van der Waals surface area contributed by atoms with E-state index in [1.54, 1.807) is 0 Å². The van der Waals surface area contributed by atoms with Gasteiger partial charge >= 0.3 is 0 Å². The quantitative estimate of drug-likeness (QED) is 0.784. The maximum absolute atomic E-state index is 12.3. The molecule has 0 saturated carbocycles. The molecule has 1 aromatic rings. The Bertz CT molecular complexity index is 490. The molecule has 4 heteroatoms. The number of carbonyl (C=O) groups excluding carboxylic acids is 1. The van der Waals surface area contributed by atoms with Gasteiger partial charge in [0.05, 0.1) is 12.2 Å². The second-order valence-corrected chi connectivity index (χ2v) is 5.54. The lowest BCUT2D eigenvalue weighted by molar-refractivity contribution is 0.0572. The molecule has 4 nitrogen and oxygen atoms in total. The van der Waals surface area contributed by atoms with Gasteiger partial charge in [0.25, 0.3) is 5.91 Å². The molecule has 0 spiro atoms. The standard InChI is InChI=1S/C15H19NO3/c17-13-8-16(9-14(13)18)15(19)12-6-5-10-3-1-2-4-11(10)7-12/h5-7,13-14,17-18H,1-4,8-9H2/t13-,14+. The monoisotopic (exact) mass is 261 g/mol. The van der Waals surface area contributed by atoms with E-state index >= 15 is 0 Å². The minimum absolute atomic E-state index is 0.0935. The smallest absolute Gasteiger partial charge is 0.254 e. The molecule has 19 heavy (non-hydrogen) atoms. The molecule has 1 aliphatic heterocycles. The fraction of sp³-hybridized carbons (Fsp3) is 0.533. The highest BCUT2D eigenvalue weighted by atomic mass is 16.3. The van der Waals surface area contributed by atoms with Gasteiger partial charge < -0.3 is 15.1 Å². The first-order chi connectivity index (χ1) is 9.15. The van der Waals surface area contributed by atoms with Gasteiger partial charge in [0.15, 0.2) is 0 Å². The van der Waals surface area contributed by atoms with Crippen molar-refractivity contribution >= 4 is 5.91 Å². The van der Waals surface area contributed by atoms with Crippen molar-refractivity contribution in [1.82, 2.24) is 4.90 Å². The topological polar surface area (TPSA) is 60.8 Å². The normalized spacial score (nSPS) is 26.3. The number of aliphatic hydroxyl groups excluding tert-OH is 2. The summed E-state index contributed by atoms with van der Waals surface area (Å²) in [6.07, 6.45) is 2.92. The number of benzene rings is 1. The van der Waals surface area contributed by atoms with Crippen molar-refractivity contribution in [1.29, 1.82) is 0 Å². The van der Waals surface area contributed by atoms with Gasteiger partial charge in [-0.05, 0) is 48.9 Å². The van der Waals surface area contributed by atoms with Gasteiger partial charge in [-0.3, -0.25) is 4.79 Å². The molecule has 1 amide bonds. The number of hydrogen-bond donors (Lipinski definition) is 2. The number of carbonyl (C=O) groups is 1. The van der Waals surface area contributed by atoms with Crippen LogP contribution in [0.1, 0.15) is 34.3 Å². The number of likely N-dealkylation sites (tertiary alicyclic amines) is 1. The average Bonchev–Trinajstić information content (AvgIpc) is 2.77. The van der Waals surface area contributed by atoms with E-state index in [0.29, 0.717) is 5.56 Å². The Morgan fingerprint density at radius 3 is 2.37 bits per heavy atom. The average molecular weight is 261 g/mol. The van der Waals surface area contributed by atoms with Crippen LogP contribution in [0.25, 0.3) is 0 Å². The van der Waals surface area contributed by atoms with Crippen LogP contribution < -0.4 is 0 Å². The van der Waals surface area contributed by atoms with E-state index in [-0.39, 0.29) is 19.0 Å². The second-order valence-electron chi connectivity index (χ2n) is 5.54. The summed E-state index contributed by atoms with van der Waals surface area (Å²) in [5, 5.41) is 19.0. The molecule has 1 aromatic carbocycles. The molecule has 3 rings (SSSR count). The predicted molar refractivity (Wildman–Crippen MR) is 71.0 cm³/mol. The van der Waals surface area contributed by atoms with Crippen LogP contribution in [-0.2, 0) is 12.8 Å². The predicted octanol–water partition coefficient (Wildman–Crippen LogP) is 0.743. The van der Waals surface area contributed by atoms with Crippen molar-refractivity contribution in [3.05, 3.63) is 34.9 Å². The van der Waals surface area contributed by atoms with Crippen LogP contribution in [-0.4, -0.2) is 46.3 Å². The first-order valence-corrected chi connectivity index (χ1v) is 6.92. The van der Waals surface area contributed by atoms with Gasteiger partial charge in [-0.1, -0.05) is 6.07 Å². The van der Waals surface area contributed by atoms with Gasteiger partial charge in [-0.15, -0.1) is 0 Å². The molecule has 102 valence electrons. The number of aryl methyl sites for hydroxylation is 2. The molecule has 1 saturated heterocycles. The van der Waals surface area contributed by atoms with Crippen LogP contribution in [0.15, 0.2) is 18.2 Å². The number of nitrogens with zero attached hydrogens (tertiary/aromatic N) is 1. The third-order valence-electron chi connectivity index (χ3n) is 4.14. The van der Waals surface area contributed by atoms with Crippen LogP contribution in [0.3, 0.4) is 0 Å². The van der Waals surface area contributed by atoms with Crippen LogP contribution in [0.4, 0.5) is 0 Å². The number of β-amino-alcohol motifs (C(OH)–C–C–N with tert-alkyl or cyclic N) is 2. The molecule has 0 bridgehead atoms. The van der Waals surface area contributed by atoms with Crippen molar-refractivity contribution in [3.8, 4) is 0 Å². The minimum atomic E-state index is -0.818. The molecule has 0 radical (unpaired) electrons. The zero-order valence-corrected chi connectivity index (χ0v) is 10.9. The Morgan fingerprint density at radius 1 is 1.05 bits per heavy atom. The number of aliphatic hydroxyl groups is 2. The Kier molecular flexibility index (Phi) is 3.29. The van der Waals surface area contributed by atoms with E-state index in [4.69, 9.17) is 0 Å². The lowest BCUT2D eigenvalue weighted by Crippen LogP contribution is -2.30. The van der Waals surface area contributed by atoms with E-state index in [9.17, 15) is 15.0 Å². The first kappa shape index (κ1) is 12.6. The van der Waals surface area contributed by atoms with Crippen LogP contribution >= 0.6 is 0 Å². The molecule has 0 aromatic heterocycles. The highest BCUT2D eigenvalue weighted by molar-refractivity contribution is 5.94. The molecule has 1 heterocycles. The summed E-state index contributed by atoms with van der Waals surface area (Å²) >= 11 is 0. The van der Waals surface area contributed by atoms with Gasteiger partial charge in [0.1, 0.15) is 0 Å². The molecular formula is C15H19NO3. The van der Waals surface area contributed by atoms with E-state index in [0.717, 1.165) is 12.8 Å². The van der Waals surface area contributed by atoms with E-state index < -0.39 is 12.2 Å². The van der Waals surface area contributed by atoms with Crippen LogP contribution in [0, 0.1) is 0 Å². The van der Waals surface area contributed by atoms with E-state index in [1.165, 1.54) is 28.9 Å². The maximum atomic E-state index is 12.3. The van der Waals surface area contributed by atoms with E-state index in [2.05, 4.69) is 0 Å². The summed E-state index contributed by atoms with van der Waals surface area (Å²) in [5.41, 5.74) is 3.30. The Hall–Kier alpha value is -1.39. The Balaban J connectivity index is 1.80. The highest BCUT2D eigenvalue weighted by Crippen LogP contribution is 2.23. The second kappa shape index (κ2) is 4.94. The van der Waals surface area contributed by atoms with Crippen molar-refractivity contribution in [2.75, 3.05) is 13.1 Å². The minimum Gasteiger partial charge on any atom is -0.388 e. The lowest BCUT2D eigenvalue weighted by atomic mass is 9.90. The largest absolute Gasteiger partial charge is 0.388 e. The van der Waals surface area contributed by atoms with Crippen molar-refractivity contribution in [2.45, 2.75) is 37.9 Å².